The number of nitrogens with zero attached hydrogens (tertiary/aromatic N) is 3. The zero-order valence-corrected chi connectivity index (χ0v) is 27.9. The molecule has 0 fully saturated rings. The molecule has 0 aliphatic carbocycles. The van der Waals surface area contributed by atoms with Gasteiger partial charge in [0.2, 0.25) is 17.6 Å². The molecule has 0 aliphatic heterocycles. The quantitative estimate of drug-likeness (QED) is 0.162. The van der Waals surface area contributed by atoms with Crippen LogP contribution in [0, 0.1) is 5.92 Å². The van der Waals surface area contributed by atoms with Gasteiger partial charge in [-0.3, -0.25) is 24.0 Å². The molecule has 0 saturated carbocycles. The second-order valence-electron chi connectivity index (χ2n) is 11.3. The van der Waals surface area contributed by atoms with Crippen LogP contribution in [0.4, 0.5) is 0 Å². The Labute approximate surface area is 287 Å². The molecule has 0 radical (unpaired) electrons. The number of aromatic nitrogens is 1. The highest BCUT2D eigenvalue weighted by Crippen LogP contribution is 2.35. The van der Waals surface area contributed by atoms with E-state index in [-0.39, 0.29) is 28.3 Å². The second kappa shape index (κ2) is 16.2. The highest BCUT2D eigenvalue weighted by atomic mass is 35.5. The van der Waals surface area contributed by atoms with Gasteiger partial charge in [-0.25, -0.2) is 4.98 Å². The predicted octanol–water partition coefficient (Wildman–Crippen LogP) is 5.62. The maximum atomic E-state index is 14.0. The van der Waals surface area contributed by atoms with E-state index in [2.05, 4.69) is 10.3 Å². The smallest absolute Gasteiger partial charge is 0.305 e. The van der Waals surface area contributed by atoms with E-state index in [4.69, 9.17) is 27.6 Å². The van der Waals surface area contributed by atoms with Crippen LogP contribution >= 0.6 is 23.2 Å². The predicted molar refractivity (Wildman–Crippen MR) is 179 cm³/mol. The van der Waals surface area contributed by atoms with Gasteiger partial charge < -0.3 is 24.6 Å². The fourth-order valence-electron chi connectivity index (χ4n) is 4.94. The Morgan fingerprint density at radius 1 is 0.896 bits per heavy atom. The molecular weight excluding hydrogens is 659 g/mol. The van der Waals surface area contributed by atoms with Crippen LogP contribution in [-0.4, -0.2) is 75.0 Å². The van der Waals surface area contributed by atoms with Crippen LogP contribution in [0.3, 0.4) is 0 Å². The molecule has 0 spiro atoms. The number of halogens is 2. The van der Waals surface area contributed by atoms with Gasteiger partial charge in [-0.05, 0) is 35.7 Å². The summed E-state index contributed by atoms with van der Waals surface area (Å²) >= 11 is 12.5. The molecule has 3 amide bonds. The lowest BCUT2D eigenvalue weighted by Gasteiger charge is -2.32. The number of carbonyl (C=O) groups is 5. The summed E-state index contributed by atoms with van der Waals surface area (Å²) in [6.07, 6.45) is 0.468. The second-order valence-corrected chi connectivity index (χ2v) is 12.2. The minimum atomic E-state index is -1.53. The summed E-state index contributed by atoms with van der Waals surface area (Å²) in [5.41, 5.74) is 1.37. The summed E-state index contributed by atoms with van der Waals surface area (Å²) in [7, 11) is 1.27. The minimum absolute atomic E-state index is 0.00290. The van der Waals surface area contributed by atoms with Crippen molar-refractivity contribution in [1.29, 1.82) is 0 Å². The van der Waals surface area contributed by atoms with Crippen LogP contribution in [0.5, 0.6) is 0 Å². The lowest BCUT2D eigenvalue weighted by molar-refractivity contribution is -0.144. The Morgan fingerprint density at radius 3 is 2.08 bits per heavy atom. The topological polar surface area (TPSA) is 150 Å². The molecule has 3 aromatic carbocycles. The Morgan fingerprint density at radius 2 is 1.50 bits per heavy atom. The lowest BCUT2D eigenvalue weighted by Crippen LogP contribution is -2.54. The number of oxazole rings is 1. The van der Waals surface area contributed by atoms with Crippen molar-refractivity contribution in [3.8, 4) is 11.3 Å². The first-order valence-electron chi connectivity index (χ1n) is 15.0. The molecule has 1 aromatic heterocycles. The lowest BCUT2D eigenvalue weighted by atomic mass is 10.0. The van der Waals surface area contributed by atoms with Crippen molar-refractivity contribution in [3.05, 3.63) is 112 Å². The van der Waals surface area contributed by atoms with E-state index >= 15 is 0 Å². The maximum absolute atomic E-state index is 14.0. The summed E-state index contributed by atoms with van der Waals surface area (Å²) in [6, 6.07) is 19.6. The molecule has 48 heavy (non-hydrogen) atoms. The van der Waals surface area contributed by atoms with Gasteiger partial charge in [-0.2, -0.15) is 0 Å². The molecule has 0 saturated heterocycles. The average Bonchev–Trinajstić information content (AvgIpc) is 3.55. The monoisotopic (exact) mass is 692 g/mol. The van der Waals surface area contributed by atoms with E-state index in [0.717, 1.165) is 4.90 Å². The van der Waals surface area contributed by atoms with Gasteiger partial charge in [0.15, 0.2) is 5.76 Å². The number of carboxylic acids is 1. The summed E-state index contributed by atoms with van der Waals surface area (Å²) in [4.78, 5) is 72.6. The van der Waals surface area contributed by atoms with Crippen LogP contribution in [0.2, 0.25) is 10.0 Å². The molecule has 13 heteroatoms. The number of amides is 3. The number of likely N-dealkylation sites (N-methyl/N-ethyl adjacent to an activating group) is 1. The van der Waals surface area contributed by atoms with Gasteiger partial charge in [0, 0.05) is 19.2 Å². The zero-order chi connectivity index (χ0) is 35.0. The van der Waals surface area contributed by atoms with Gasteiger partial charge in [0.1, 0.15) is 18.6 Å². The molecule has 2 N–H and O–H groups in total. The van der Waals surface area contributed by atoms with Gasteiger partial charge in [0.25, 0.3) is 11.8 Å². The van der Waals surface area contributed by atoms with E-state index in [9.17, 15) is 29.1 Å². The first-order chi connectivity index (χ1) is 22.9. The van der Waals surface area contributed by atoms with Crippen molar-refractivity contribution in [2.45, 2.75) is 38.9 Å². The van der Waals surface area contributed by atoms with Gasteiger partial charge >= 0.3 is 5.97 Å². The van der Waals surface area contributed by atoms with Gasteiger partial charge in [-0.15, -0.1) is 0 Å². The van der Waals surface area contributed by atoms with E-state index in [1.54, 1.807) is 86.6 Å². The Bertz CT molecular complexity index is 1760. The molecule has 0 aliphatic rings. The molecule has 250 valence electrons. The van der Waals surface area contributed by atoms with E-state index in [1.165, 1.54) is 18.1 Å². The van der Waals surface area contributed by atoms with Crippen molar-refractivity contribution in [3.63, 3.8) is 0 Å². The number of carboxylic acid groups (broad SMARTS) is 1. The number of rotatable bonds is 14. The number of ketones is 1. The van der Waals surface area contributed by atoms with E-state index in [0.29, 0.717) is 16.7 Å². The van der Waals surface area contributed by atoms with Crippen LogP contribution in [0.1, 0.15) is 46.9 Å². The molecule has 0 bridgehead atoms. The summed E-state index contributed by atoms with van der Waals surface area (Å²) < 4.78 is 5.65. The number of benzene rings is 3. The number of hydrogen-bond acceptors (Lipinski definition) is 7. The normalized spacial score (nSPS) is 12.2. The molecule has 1 heterocycles. The third-order valence-electron chi connectivity index (χ3n) is 7.57. The molecule has 4 aromatic rings. The van der Waals surface area contributed by atoms with Crippen LogP contribution < -0.4 is 5.32 Å². The third-order valence-corrected chi connectivity index (χ3v) is 8.20. The molecule has 11 nitrogen and oxygen atoms in total. The minimum Gasteiger partial charge on any atom is -0.481 e. The number of hydrogen-bond donors (Lipinski definition) is 2. The van der Waals surface area contributed by atoms with E-state index in [1.807, 2.05) is 6.07 Å². The zero-order valence-electron chi connectivity index (χ0n) is 26.4. The highest BCUT2D eigenvalue weighted by Gasteiger charge is 2.36. The Kier molecular flexibility index (Phi) is 12.1. The first-order valence-corrected chi connectivity index (χ1v) is 15.7. The fourth-order valence-corrected chi connectivity index (χ4v) is 5.52. The van der Waals surface area contributed by atoms with Crippen molar-refractivity contribution in [2.24, 2.45) is 5.92 Å². The first kappa shape index (κ1) is 35.8. The Hall–Kier alpha value is -5.00. The highest BCUT2D eigenvalue weighted by molar-refractivity contribution is 6.39. The molecular formula is C35H34Cl2N4O7. The fraction of sp³-hybridized carbons (Fsp3) is 0.257. The molecule has 2 atom stereocenters. The van der Waals surface area contributed by atoms with Gasteiger partial charge in [0.05, 0.1) is 28.2 Å². The number of Topliss-reactive ketones (excluding diaryl/α,β-unsaturated/α-hetero) is 1. The SMILES string of the molecule is CC(C)C(NC(=O)c1ccccc1)C(=O)N(CC(=O)N(C)C(CC(=O)O)C(=O)c1ncc(-c2c(Cl)cccc2Cl)o1)Cc1ccccc1. The van der Waals surface area contributed by atoms with Crippen molar-refractivity contribution in [2.75, 3.05) is 13.6 Å². The summed E-state index contributed by atoms with van der Waals surface area (Å²) in [6.45, 7) is 3.02. The van der Waals surface area contributed by atoms with Crippen molar-refractivity contribution >= 4 is 52.7 Å². The number of carbonyl (C=O) groups excluding carboxylic acids is 4. The van der Waals surface area contributed by atoms with Crippen LogP contribution in [0.15, 0.2) is 89.5 Å². The summed E-state index contributed by atoms with van der Waals surface area (Å²) in [5, 5.41) is 12.9. The van der Waals surface area contributed by atoms with E-state index < -0.39 is 60.4 Å². The standard InChI is InChI=1S/C35H34Cl2N4O7/c1-21(2)31(39-33(46)23-13-8-5-9-14-23)35(47)41(19-22-11-6-4-7-12-22)20-28(42)40(3)26(17-29(43)44)32(45)34-38-18-27(48-34)30-24(36)15-10-16-25(30)37/h4-16,18,21,26,31H,17,19-20H2,1-3H3,(H,39,46)(H,43,44). The molecule has 4 rings (SSSR count). The maximum Gasteiger partial charge on any atom is 0.305 e. The van der Waals surface area contributed by atoms with Crippen molar-refractivity contribution in [1.82, 2.24) is 20.1 Å². The molecule has 2 unspecified atom stereocenters. The van der Waals surface area contributed by atoms with Gasteiger partial charge in [-0.1, -0.05) is 91.6 Å². The average molecular weight is 694 g/mol. The summed E-state index contributed by atoms with van der Waals surface area (Å²) in [5.74, 6) is -4.67. The largest absolute Gasteiger partial charge is 0.481 e. The number of aliphatic carboxylic acids is 1. The third kappa shape index (κ3) is 8.87. The van der Waals surface area contributed by atoms with Crippen LogP contribution in [-0.2, 0) is 20.9 Å². The van der Waals surface area contributed by atoms with Crippen molar-refractivity contribution < 1.29 is 33.5 Å². The number of nitrogens with one attached hydrogen (secondary N) is 1. The van der Waals surface area contributed by atoms with Crippen LogP contribution in [0.25, 0.3) is 11.3 Å². The Balaban J connectivity index is 1.60.